The van der Waals surface area contributed by atoms with Crippen LogP contribution in [-0.4, -0.2) is 33.9 Å². The van der Waals surface area contributed by atoms with E-state index in [0.29, 0.717) is 23.3 Å². The first-order valence-corrected chi connectivity index (χ1v) is 9.34. The summed E-state index contributed by atoms with van der Waals surface area (Å²) in [6.45, 7) is 7.91. The van der Waals surface area contributed by atoms with Gasteiger partial charge >= 0.3 is 0 Å². The van der Waals surface area contributed by atoms with Crippen LogP contribution >= 0.6 is 0 Å². The third kappa shape index (κ3) is 7.48. The Balaban J connectivity index is 2.33. The van der Waals surface area contributed by atoms with Crippen molar-refractivity contribution in [2.75, 3.05) is 19.4 Å². The molecule has 1 aromatic carbocycles. The molecule has 4 nitrogen and oxygen atoms in total. The molecule has 120 valence electrons. The second kappa shape index (κ2) is 8.39. The van der Waals surface area contributed by atoms with Gasteiger partial charge in [0, 0.05) is 18.8 Å². The van der Waals surface area contributed by atoms with Crippen molar-refractivity contribution in [3.05, 3.63) is 24.3 Å². The molecule has 0 saturated carbocycles. The van der Waals surface area contributed by atoms with Crippen molar-refractivity contribution < 1.29 is 13.2 Å². The summed E-state index contributed by atoms with van der Waals surface area (Å²) in [5, 5.41) is 3.41. The van der Waals surface area contributed by atoms with Crippen molar-refractivity contribution in [1.82, 2.24) is 5.32 Å². The lowest BCUT2D eigenvalue weighted by Crippen LogP contribution is -2.30. The molecular weight excluding hydrogens is 286 g/mol. The van der Waals surface area contributed by atoms with Crippen LogP contribution in [0.2, 0.25) is 0 Å². The average molecular weight is 313 g/mol. The minimum Gasteiger partial charge on any atom is -0.492 e. The Kier molecular flexibility index (Phi) is 7.18. The van der Waals surface area contributed by atoms with Crippen molar-refractivity contribution in [3.8, 4) is 5.75 Å². The molecule has 0 amide bonds. The van der Waals surface area contributed by atoms with Crippen LogP contribution in [0.25, 0.3) is 0 Å². The molecule has 0 spiro atoms. The van der Waals surface area contributed by atoms with Crippen LogP contribution in [0.5, 0.6) is 5.75 Å². The highest BCUT2D eigenvalue weighted by molar-refractivity contribution is 7.90. The standard InChI is InChI=1S/C16H27NO3S/c1-13(2)8-9-14(3)17-10-11-20-15-6-5-7-16(12-15)21(4,18)19/h5-7,12-14,17H,8-11H2,1-4H3. The number of hydrogen-bond acceptors (Lipinski definition) is 4. The SMILES string of the molecule is CC(C)CCC(C)NCCOc1cccc(S(C)(=O)=O)c1. The fourth-order valence-electron chi connectivity index (χ4n) is 1.95. The van der Waals surface area contributed by atoms with E-state index in [0.717, 1.165) is 18.9 Å². The third-order valence-corrected chi connectivity index (χ3v) is 4.38. The molecule has 0 saturated heterocycles. The second-order valence-electron chi connectivity index (χ2n) is 5.92. The molecule has 0 heterocycles. The summed E-state index contributed by atoms with van der Waals surface area (Å²) in [5.74, 6) is 1.32. The van der Waals surface area contributed by atoms with Crippen molar-refractivity contribution >= 4 is 9.84 Å². The third-order valence-electron chi connectivity index (χ3n) is 3.27. The summed E-state index contributed by atoms with van der Waals surface area (Å²) in [6.07, 6.45) is 3.57. The topological polar surface area (TPSA) is 55.4 Å². The van der Waals surface area contributed by atoms with Crippen molar-refractivity contribution in [2.45, 2.75) is 44.6 Å². The van der Waals surface area contributed by atoms with E-state index in [1.54, 1.807) is 24.3 Å². The van der Waals surface area contributed by atoms with Crippen LogP contribution in [0.1, 0.15) is 33.6 Å². The fourth-order valence-corrected chi connectivity index (χ4v) is 2.61. The normalized spacial score (nSPS) is 13.4. The molecule has 1 N–H and O–H groups in total. The van der Waals surface area contributed by atoms with E-state index in [1.807, 2.05) is 0 Å². The van der Waals surface area contributed by atoms with Gasteiger partial charge < -0.3 is 10.1 Å². The molecule has 1 unspecified atom stereocenters. The number of benzene rings is 1. The molecule has 0 fully saturated rings. The molecule has 0 aliphatic heterocycles. The maximum atomic E-state index is 11.5. The monoisotopic (exact) mass is 313 g/mol. The number of sulfone groups is 1. The van der Waals surface area contributed by atoms with Crippen molar-refractivity contribution in [1.29, 1.82) is 0 Å². The van der Waals surface area contributed by atoms with Gasteiger partial charge in [0.1, 0.15) is 12.4 Å². The smallest absolute Gasteiger partial charge is 0.175 e. The fraction of sp³-hybridized carbons (Fsp3) is 0.625. The Morgan fingerprint density at radius 2 is 1.90 bits per heavy atom. The Morgan fingerprint density at radius 3 is 2.52 bits per heavy atom. The number of hydrogen-bond donors (Lipinski definition) is 1. The maximum Gasteiger partial charge on any atom is 0.175 e. The quantitative estimate of drug-likeness (QED) is 0.712. The minimum absolute atomic E-state index is 0.290. The second-order valence-corrected chi connectivity index (χ2v) is 7.94. The van der Waals surface area contributed by atoms with Gasteiger partial charge in [-0.3, -0.25) is 0 Å². The van der Waals surface area contributed by atoms with Crippen molar-refractivity contribution in [3.63, 3.8) is 0 Å². The van der Waals surface area contributed by atoms with E-state index in [9.17, 15) is 8.42 Å². The highest BCUT2D eigenvalue weighted by Gasteiger charge is 2.08. The number of ether oxygens (including phenoxy) is 1. The summed E-state index contributed by atoms with van der Waals surface area (Å²) in [7, 11) is -3.18. The Labute approximate surface area is 128 Å². The molecule has 0 aliphatic rings. The van der Waals surface area contributed by atoms with Gasteiger partial charge in [0.15, 0.2) is 9.84 Å². The Bertz CT molecular complexity index is 526. The lowest BCUT2D eigenvalue weighted by Gasteiger charge is -2.15. The van der Waals surface area contributed by atoms with Crippen molar-refractivity contribution in [2.24, 2.45) is 5.92 Å². The highest BCUT2D eigenvalue weighted by Crippen LogP contribution is 2.17. The lowest BCUT2D eigenvalue weighted by atomic mass is 10.0. The van der Waals surface area contributed by atoms with Gasteiger partial charge in [0.05, 0.1) is 4.90 Å². The van der Waals surface area contributed by atoms with E-state index in [2.05, 4.69) is 26.1 Å². The summed E-state index contributed by atoms with van der Waals surface area (Å²) in [4.78, 5) is 0.290. The van der Waals surface area contributed by atoms with Gasteiger partial charge in [0.2, 0.25) is 0 Å². The van der Waals surface area contributed by atoms with E-state index in [1.165, 1.54) is 12.7 Å². The van der Waals surface area contributed by atoms with Gasteiger partial charge in [-0.2, -0.15) is 0 Å². The van der Waals surface area contributed by atoms with Gasteiger partial charge in [-0.05, 0) is 43.9 Å². The predicted molar refractivity (Wildman–Crippen MR) is 86.6 cm³/mol. The zero-order valence-corrected chi connectivity index (χ0v) is 14.2. The molecule has 5 heteroatoms. The van der Waals surface area contributed by atoms with Crippen LogP contribution < -0.4 is 10.1 Å². The van der Waals surface area contributed by atoms with Gasteiger partial charge in [0.25, 0.3) is 0 Å². The van der Waals surface area contributed by atoms with E-state index in [4.69, 9.17) is 4.74 Å². The molecule has 1 aromatic rings. The largest absolute Gasteiger partial charge is 0.492 e. The zero-order chi connectivity index (χ0) is 15.9. The first-order chi connectivity index (χ1) is 9.79. The molecule has 1 rings (SSSR count). The Morgan fingerprint density at radius 1 is 1.19 bits per heavy atom. The highest BCUT2D eigenvalue weighted by atomic mass is 32.2. The summed E-state index contributed by atoms with van der Waals surface area (Å²) < 4.78 is 28.5. The first kappa shape index (κ1) is 18.0. The van der Waals surface area contributed by atoms with E-state index in [-0.39, 0.29) is 0 Å². The number of nitrogens with one attached hydrogen (secondary N) is 1. The maximum absolute atomic E-state index is 11.5. The van der Waals surface area contributed by atoms with Crippen LogP contribution in [-0.2, 0) is 9.84 Å². The summed E-state index contributed by atoms with van der Waals surface area (Å²) in [6, 6.07) is 7.09. The molecular formula is C16H27NO3S. The van der Waals surface area contributed by atoms with Crippen LogP contribution in [0.3, 0.4) is 0 Å². The summed E-state index contributed by atoms with van der Waals surface area (Å²) >= 11 is 0. The molecule has 0 aromatic heterocycles. The lowest BCUT2D eigenvalue weighted by molar-refractivity contribution is 0.302. The van der Waals surface area contributed by atoms with Gasteiger partial charge in [-0.15, -0.1) is 0 Å². The summed E-state index contributed by atoms with van der Waals surface area (Å²) in [5.41, 5.74) is 0. The van der Waals surface area contributed by atoms with Crippen LogP contribution in [0, 0.1) is 5.92 Å². The average Bonchev–Trinajstić information content (AvgIpc) is 2.41. The number of rotatable bonds is 9. The zero-order valence-electron chi connectivity index (χ0n) is 13.4. The molecule has 0 aliphatic carbocycles. The first-order valence-electron chi connectivity index (χ1n) is 7.45. The Hall–Kier alpha value is -1.07. The van der Waals surface area contributed by atoms with Gasteiger partial charge in [-0.1, -0.05) is 19.9 Å². The van der Waals surface area contributed by atoms with Crippen LogP contribution in [0.15, 0.2) is 29.2 Å². The van der Waals surface area contributed by atoms with Gasteiger partial charge in [-0.25, -0.2) is 8.42 Å². The van der Waals surface area contributed by atoms with Crippen LogP contribution in [0.4, 0.5) is 0 Å². The minimum atomic E-state index is -3.18. The molecule has 21 heavy (non-hydrogen) atoms. The molecule has 0 bridgehead atoms. The van der Waals surface area contributed by atoms with E-state index >= 15 is 0 Å². The molecule has 1 atom stereocenters. The van der Waals surface area contributed by atoms with E-state index < -0.39 is 9.84 Å². The predicted octanol–water partition coefficient (Wildman–Crippen LogP) is 2.88. The molecule has 0 radical (unpaired) electrons.